The first-order chi connectivity index (χ1) is 7.67. The Morgan fingerprint density at radius 1 is 1.44 bits per heavy atom. The number of nitrogens with zero attached hydrogens (tertiary/aromatic N) is 1. The average molecular weight is 221 g/mol. The molecule has 0 aliphatic rings. The molecule has 0 fully saturated rings. The van der Waals surface area contributed by atoms with Gasteiger partial charge in [-0.15, -0.1) is 0 Å². The molecule has 0 aromatic heterocycles. The fourth-order valence-corrected chi connectivity index (χ4v) is 1.42. The summed E-state index contributed by atoms with van der Waals surface area (Å²) in [4.78, 5) is 12.9. The van der Waals surface area contributed by atoms with Crippen molar-refractivity contribution in [1.29, 1.82) is 0 Å². The minimum Gasteiger partial charge on any atom is -0.497 e. The minimum atomic E-state index is -0.0372. The molecule has 0 heterocycles. The van der Waals surface area contributed by atoms with Crippen molar-refractivity contribution in [2.45, 2.75) is 6.54 Å². The minimum absolute atomic E-state index is 0.0181. The normalized spacial score (nSPS) is 9.88. The number of benzene rings is 1. The maximum atomic E-state index is 11.3. The molecule has 5 heteroatoms. The summed E-state index contributed by atoms with van der Waals surface area (Å²) in [5.74, 6) is 0.755. The molecule has 86 valence electrons. The Bertz CT molecular complexity index is 340. The van der Waals surface area contributed by atoms with Gasteiger partial charge in [0.1, 0.15) is 5.75 Å². The van der Waals surface area contributed by atoms with Crippen molar-refractivity contribution in [2.24, 2.45) is 0 Å². The van der Waals surface area contributed by atoms with E-state index in [2.05, 4.69) is 0 Å². The van der Waals surface area contributed by atoms with E-state index in [1.54, 1.807) is 12.0 Å². The molecule has 0 spiro atoms. The molecule has 0 aliphatic carbocycles. The highest BCUT2D eigenvalue weighted by atomic mass is 16.5. The maximum absolute atomic E-state index is 11.3. The van der Waals surface area contributed by atoms with Gasteiger partial charge in [0.05, 0.1) is 13.7 Å². The van der Waals surface area contributed by atoms with Gasteiger partial charge in [0.25, 0.3) is 0 Å². The summed E-state index contributed by atoms with van der Waals surface area (Å²) < 4.78 is 5.05. The van der Waals surface area contributed by atoms with Crippen LogP contribution in [-0.4, -0.2) is 43.9 Å². The van der Waals surface area contributed by atoms with Gasteiger partial charge in [0.15, 0.2) is 5.81 Å². The molecule has 0 saturated heterocycles. The van der Waals surface area contributed by atoms with Crippen LogP contribution in [0.3, 0.4) is 0 Å². The Kier molecular flexibility index (Phi) is 4.86. The number of ether oxygens (including phenoxy) is 1. The van der Waals surface area contributed by atoms with E-state index in [-0.39, 0.29) is 12.4 Å². The molecule has 0 atom stereocenters. The number of methoxy groups -OCH3 is 1. The molecule has 16 heavy (non-hydrogen) atoms. The topological polar surface area (TPSA) is 49.8 Å². The van der Waals surface area contributed by atoms with Gasteiger partial charge in [-0.3, -0.25) is 4.79 Å². The zero-order valence-electron chi connectivity index (χ0n) is 9.64. The number of aliphatic hydroxyl groups is 1. The van der Waals surface area contributed by atoms with Crippen LogP contribution in [0.5, 0.6) is 5.75 Å². The third-order valence-electron chi connectivity index (χ3n) is 2.35. The second kappa shape index (κ2) is 6.17. The van der Waals surface area contributed by atoms with Gasteiger partial charge in [0.2, 0.25) is 7.85 Å². The van der Waals surface area contributed by atoms with Crippen LogP contribution in [0.2, 0.25) is 0 Å². The number of amides is 1. The number of carbonyl (C=O) groups is 1. The van der Waals surface area contributed by atoms with E-state index in [0.29, 0.717) is 13.1 Å². The molecule has 1 N–H and O–H groups in total. The molecule has 0 aliphatic heterocycles. The number of hydrogen-bond acceptors (Lipinski definition) is 3. The standard InChI is InChI=1S/C11H16BNO3/c1-16-10-4-2-9(3-5-10)8-13(6-7-14)11(12)15/h2-5,14H,6-8,12H2,1H3. The fourth-order valence-electron chi connectivity index (χ4n) is 1.42. The van der Waals surface area contributed by atoms with Crippen molar-refractivity contribution in [2.75, 3.05) is 20.3 Å². The zero-order chi connectivity index (χ0) is 12.0. The molecule has 4 nitrogen and oxygen atoms in total. The Morgan fingerprint density at radius 3 is 2.50 bits per heavy atom. The SMILES string of the molecule is BC(=O)N(CCO)Cc1ccc(OC)cc1. The Labute approximate surface area is 96.2 Å². The van der Waals surface area contributed by atoms with Crippen molar-refractivity contribution < 1.29 is 14.6 Å². The number of carbonyl (C=O) groups excluding carboxylic acids is 1. The predicted octanol–water partition coefficient (Wildman–Crippen LogP) is 0.243. The van der Waals surface area contributed by atoms with Crippen LogP contribution >= 0.6 is 0 Å². The lowest BCUT2D eigenvalue weighted by Crippen LogP contribution is -2.31. The molecular formula is C11H16BNO3. The number of aliphatic hydroxyl groups excluding tert-OH is 1. The van der Waals surface area contributed by atoms with Gasteiger partial charge < -0.3 is 14.7 Å². The van der Waals surface area contributed by atoms with Crippen LogP contribution in [0.15, 0.2) is 24.3 Å². The van der Waals surface area contributed by atoms with Crippen LogP contribution < -0.4 is 4.74 Å². The second-order valence-electron chi connectivity index (χ2n) is 3.51. The highest BCUT2D eigenvalue weighted by molar-refractivity contribution is 6.56. The Hall–Kier alpha value is -1.49. The smallest absolute Gasteiger partial charge is 0.215 e. The van der Waals surface area contributed by atoms with Crippen molar-refractivity contribution in [3.63, 3.8) is 0 Å². The van der Waals surface area contributed by atoms with E-state index in [9.17, 15) is 4.79 Å². The van der Waals surface area contributed by atoms with Crippen molar-refractivity contribution in [3.05, 3.63) is 29.8 Å². The Morgan fingerprint density at radius 2 is 2.06 bits per heavy atom. The van der Waals surface area contributed by atoms with Crippen molar-refractivity contribution >= 4 is 13.7 Å². The summed E-state index contributed by atoms with van der Waals surface area (Å²) in [6.07, 6.45) is 0. The van der Waals surface area contributed by atoms with Crippen LogP contribution in [0.1, 0.15) is 5.56 Å². The first-order valence-electron chi connectivity index (χ1n) is 5.16. The summed E-state index contributed by atoms with van der Waals surface area (Å²) in [5, 5.41) is 8.83. The largest absolute Gasteiger partial charge is 0.497 e. The molecule has 0 radical (unpaired) electrons. The summed E-state index contributed by atoms with van der Waals surface area (Å²) in [6, 6.07) is 7.53. The lowest BCUT2D eigenvalue weighted by Gasteiger charge is -2.20. The lowest BCUT2D eigenvalue weighted by atomic mass is 10.1. The highest BCUT2D eigenvalue weighted by Crippen LogP contribution is 2.12. The van der Waals surface area contributed by atoms with Gasteiger partial charge >= 0.3 is 0 Å². The highest BCUT2D eigenvalue weighted by Gasteiger charge is 2.07. The average Bonchev–Trinajstić information content (AvgIpc) is 2.29. The van der Waals surface area contributed by atoms with Crippen molar-refractivity contribution in [1.82, 2.24) is 4.90 Å². The van der Waals surface area contributed by atoms with E-state index in [1.165, 1.54) is 7.85 Å². The number of hydrogen-bond donors (Lipinski definition) is 1. The van der Waals surface area contributed by atoms with Gasteiger partial charge in [-0.05, 0) is 17.7 Å². The predicted molar refractivity (Wildman–Crippen MR) is 64.4 cm³/mol. The molecule has 1 amide bonds. The van der Waals surface area contributed by atoms with Gasteiger partial charge in [-0.1, -0.05) is 12.1 Å². The van der Waals surface area contributed by atoms with E-state index in [1.807, 2.05) is 24.3 Å². The van der Waals surface area contributed by atoms with E-state index in [4.69, 9.17) is 9.84 Å². The van der Waals surface area contributed by atoms with E-state index >= 15 is 0 Å². The summed E-state index contributed by atoms with van der Waals surface area (Å²) in [5.41, 5.74) is 1.02. The first kappa shape index (κ1) is 12.6. The molecule has 0 unspecified atom stereocenters. The molecular weight excluding hydrogens is 205 g/mol. The first-order valence-corrected chi connectivity index (χ1v) is 5.16. The zero-order valence-corrected chi connectivity index (χ0v) is 9.64. The lowest BCUT2D eigenvalue weighted by molar-refractivity contribution is 0.193. The van der Waals surface area contributed by atoms with Crippen LogP contribution in [0, 0.1) is 0 Å². The fraction of sp³-hybridized carbons (Fsp3) is 0.364. The van der Waals surface area contributed by atoms with Crippen molar-refractivity contribution in [3.8, 4) is 5.75 Å². The van der Waals surface area contributed by atoms with Gasteiger partial charge in [-0.25, -0.2) is 0 Å². The summed E-state index contributed by atoms with van der Waals surface area (Å²) in [6.45, 7) is 0.858. The summed E-state index contributed by atoms with van der Waals surface area (Å²) in [7, 11) is 3.11. The van der Waals surface area contributed by atoms with Crippen LogP contribution in [0.4, 0.5) is 4.79 Å². The number of rotatable bonds is 5. The van der Waals surface area contributed by atoms with Crippen LogP contribution in [0.25, 0.3) is 0 Å². The van der Waals surface area contributed by atoms with E-state index < -0.39 is 0 Å². The van der Waals surface area contributed by atoms with Crippen LogP contribution in [-0.2, 0) is 6.54 Å². The maximum Gasteiger partial charge on any atom is 0.215 e. The molecule has 1 rings (SSSR count). The van der Waals surface area contributed by atoms with E-state index in [0.717, 1.165) is 11.3 Å². The van der Waals surface area contributed by atoms with Gasteiger partial charge in [-0.2, -0.15) is 0 Å². The third-order valence-corrected chi connectivity index (χ3v) is 2.35. The Balaban J connectivity index is 2.65. The monoisotopic (exact) mass is 221 g/mol. The third kappa shape index (κ3) is 3.58. The molecule has 0 saturated carbocycles. The molecule has 1 aromatic rings. The molecule has 1 aromatic carbocycles. The summed E-state index contributed by atoms with van der Waals surface area (Å²) >= 11 is 0. The quantitative estimate of drug-likeness (QED) is 0.724. The second-order valence-corrected chi connectivity index (χ2v) is 3.51. The molecule has 0 bridgehead atoms. The van der Waals surface area contributed by atoms with Gasteiger partial charge in [0, 0.05) is 13.1 Å².